The van der Waals surface area contributed by atoms with E-state index in [1.807, 2.05) is 36.8 Å². The van der Waals surface area contributed by atoms with E-state index in [1.165, 1.54) is 12.8 Å². The fourth-order valence-electron chi connectivity index (χ4n) is 4.08. The molecule has 1 fully saturated rings. The van der Waals surface area contributed by atoms with Crippen molar-refractivity contribution in [2.75, 3.05) is 13.1 Å². The number of likely N-dealkylation sites (tertiary alicyclic amines) is 1. The first-order valence-electron chi connectivity index (χ1n) is 9.78. The number of nitrogens with one attached hydrogen (secondary N) is 1. The fraction of sp³-hybridized carbons (Fsp3) is 0.273. The van der Waals surface area contributed by atoms with Crippen LogP contribution in [-0.2, 0) is 6.54 Å². The highest BCUT2D eigenvalue weighted by atomic mass is 16.3. The molecule has 1 aliphatic heterocycles. The Morgan fingerprint density at radius 3 is 2.61 bits per heavy atom. The molecule has 1 unspecified atom stereocenters. The van der Waals surface area contributed by atoms with Gasteiger partial charge in [0.25, 0.3) is 0 Å². The van der Waals surface area contributed by atoms with Crippen LogP contribution in [0.2, 0.25) is 0 Å². The van der Waals surface area contributed by atoms with Gasteiger partial charge in [-0.2, -0.15) is 0 Å². The molecule has 4 heterocycles. The van der Waals surface area contributed by atoms with Gasteiger partial charge in [0.1, 0.15) is 11.5 Å². The number of rotatable bonds is 6. The topological polar surface area (TPSA) is 62.9 Å². The van der Waals surface area contributed by atoms with E-state index < -0.39 is 0 Å². The average molecular weight is 373 g/mol. The van der Waals surface area contributed by atoms with E-state index in [0.29, 0.717) is 0 Å². The summed E-state index contributed by atoms with van der Waals surface area (Å²) in [6.45, 7) is 2.97. The molecular formula is C22H23N5O. The number of benzene rings is 1. The van der Waals surface area contributed by atoms with E-state index in [-0.39, 0.29) is 6.04 Å². The summed E-state index contributed by atoms with van der Waals surface area (Å²) in [5.41, 5.74) is 3.03. The lowest BCUT2D eigenvalue weighted by atomic mass is 10.1. The summed E-state index contributed by atoms with van der Waals surface area (Å²) in [5, 5.41) is 0. The van der Waals surface area contributed by atoms with Crippen molar-refractivity contribution < 1.29 is 4.42 Å². The van der Waals surface area contributed by atoms with Gasteiger partial charge < -0.3 is 14.0 Å². The van der Waals surface area contributed by atoms with Gasteiger partial charge >= 0.3 is 0 Å². The number of aromatic nitrogens is 4. The Bertz CT molecular complexity index is 999. The highest BCUT2D eigenvalue weighted by Gasteiger charge is 2.28. The largest absolute Gasteiger partial charge is 0.468 e. The lowest BCUT2D eigenvalue weighted by Crippen LogP contribution is -2.29. The summed E-state index contributed by atoms with van der Waals surface area (Å²) in [7, 11) is 0. The van der Waals surface area contributed by atoms with Crippen LogP contribution in [0.1, 0.15) is 24.6 Å². The van der Waals surface area contributed by atoms with Gasteiger partial charge in [0.15, 0.2) is 5.82 Å². The van der Waals surface area contributed by atoms with Crippen molar-refractivity contribution in [3.63, 3.8) is 0 Å². The second-order valence-corrected chi connectivity index (χ2v) is 7.17. The first kappa shape index (κ1) is 17.0. The third-order valence-electron chi connectivity index (χ3n) is 5.43. The molecular weight excluding hydrogens is 350 g/mol. The summed E-state index contributed by atoms with van der Waals surface area (Å²) >= 11 is 0. The zero-order valence-electron chi connectivity index (χ0n) is 15.7. The highest BCUT2D eigenvalue weighted by Crippen LogP contribution is 2.33. The minimum atomic E-state index is 0.184. The molecule has 6 heteroatoms. The monoisotopic (exact) mass is 373 g/mol. The number of furan rings is 1. The van der Waals surface area contributed by atoms with Crippen LogP contribution in [0.25, 0.3) is 22.8 Å². The highest BCUT2D eigenvalue weighted by molar-refractivity contribution is 5.75. The van der Waals surface area contributed by atoms with Gasteiger partial charge in [0.2, 0.25) is 0 Å². The normalized spacial score (nSPS) is 15.9. The van der Waals surface area contributed by atoms with Crippen molar-refractivity contribution in [1.29, 1.82) is 0 Å². The first-order valence-corrected chi connectivity index (χ1v) is 9.78. The van der Waals surface area contributed by atoms with Crippen LogP contribution in [-0.4, -0.2) is 37.5 Å². The molecule has 0 saturated carbocycles. The Morgan fingerprint density at radius 1 is 1.04 bits per heavy atom. The second kappa shape index (κ2) is 7.48. The van der Waals surface area contributed by atoms with Gasteiger partial charge in [0, 0.05) is 24.5 Å². The molecule has 0 radical (unpaired) electrons. The SMILES string of the molecule is c1ccc(-c2ncn(CC(c3ccco3)N3CCCC3)c2-c2ncc[nH]2)cc1. The summed E-state index contributed by atoms with van der Waals surface area (Å²) in [4.78, 5) is 15.0. The number of nitrogens with zero attached hydrogens (tertiary/aromatic N) is 4. The molecule has 1 aromatic carbocycles. The van der Waals surface area contributed by atoms with Crippen LogP contribution in [0.4, 0.5) is 0 Å². The van der Waals surface area contributed by atoms with Crippen LogP contribution in [0.5, 0.6) is 0 Å². The molecule has 0 aliphatic carbocycles. The summed E-state index contributed by atoms with van der Waals surface area (Å²) in [6.07, 6.45) is 9.79. The molecule has 5 rings (SSSR count). The number of hydrogen-bond donors (Lipinski definition) is 1. The number of imidazole rings is 2. The van der Waals surface area contributed by atoms with Gasteiger partial charge in [-0.05, 0) is 38.1 Å². The second-order valence-electron chi connectivity index (χ2n) is 7.17. The predicted octanol–water partition coefficient (Wildman–Crippen LogP) is 4.37. The van der Waals surface area contributed by atoms with Crippen LogP contribution in [0, 0.1) is 0 Å². The molecule has 6 nitrogen and oxygen atoms in total. The minimum Gasteiger partial charge on any atom is -0.468 e. The minimum absolute atomic E-state index is 0.184. The lowest BCUT2D eigenvalue weighted by molar-refractivity contribution is 0.194. The molecule has 28 heavy (non-hydrogen) atoms. The number of aromatic amines is 1. The van der Waals surface area contributed by atoms with Gasteiger partial charge in [0.05, 0.1) is 24.3 Å². The molecule has 1 N–H and O–H groups in total. The molecule has 1 atom stereocenters. The van der Waals surface area contributed by atoms with Gasteiger partial charge in [-0.25, -0.2) is 9.97 Å². The first-order chi connectivity index (χ1) is 13.9. The molecule has 142 valence electrons. The van der Waals surface area contributed by atoms with Crippen molar-refractivity contribution in [3.05, 3.63) is 73.2 Å². The van der Waals surface area contributed by atoms with E-state index in [1.54, 1.807) is 12.5 Å². The van der Waals surface area contributed by atoms with E-state index in [9.17, 15) is 0 Å². The van der Waals surface area contributed by atoms with Gasteiger partial charge in [-0.3, -0.25) is 4.90 Å². The van der Waals surface area contributed by atoms with E-state index in [0.717, 1.165) is 48.2 Å². The van der Waals surface area contributed by atoms with Crippen molar-refractivity contribution in [3.8, 4) is 22.8 Å². The van der Waals surface area contributed by atoms with Gasteiger partial charge in [-0.1, -0.05) is 30.3 Å². The third kappa shape index (κ3) is 3.16. The standard InChI is InChI=1S/C22H23N5O/c1-2-7-17(8-3-1)20-21(22-23-10-11-24-22)27(16-25-20)15-18(19-9-6-14-28-19)26-12-4-5-13-26/h1-3,6-11,14,16,18H,4-5,12-13,15H2,(H,23,24). The molecule has 4 aromatic rings. The van der Waals surface area contributed by atoms with Crippen LogP contribution in [0.3, 0.4) is 0 Å². The zero-order chi connectivity index (χ0) is 18.8. The number of hydrogen-bond acceptors (Lipinski definition) is 4. The summed E-state index contributed by atoms with van der Waals surface area (Å²) in [6, 6.07) is 14.5. The molecule has 3 aromatic heterocycles. The maximum absolute atomic E-state index is 5.80. The maximum atomic E-state index is 5.80. The summed E-state index contributed by atoms with van der Waals surface area (Å²) in [5.74, 6) is 1.83. The molecule has 0 bridgehead atoms. The fourth-order valence-corrected chi connectivity index (χ4v) is 4.08. The zero-order valence-corrected chi connectivity index (χ0v) is 15.7. The molecule has 1 saturated heterocycles. The van der Waals surface area contributed by atoms with Crippen molar-refractivity contribution in [2.45, 2.75) is 25.4 Å². The maximum Gasteiger partial charge on any atom is 0.156 e. The average Bonchev–Trinajstić information content (AvgIpc) is 3.54. The third-order valence-corrected chi connectivity index (χ3v) is 5.43. The lowest BCUT2D eigenvalue weighted by Gasteiger charge is -2.26. The summed E-state index contributed by atoms with van der Waals surface area (Å²) < 4.78 is 8.00. The van der Waals surface area contributed by atoms with E-state index >= 15 is 0 Å². The number of H-pyrrole nitrogens is 1. The quantitative estimate of drug-likeness (QED) is 0.545. The smallest absolute Gasteiger partial charge is 0.156 e. The Kier molecular flexibility index (Phi) is 4.54. The molecule has 1 aliphatic rings. The Morgan fingerprint density at radius 2 is 1.89 bits per heavy atom. The van der Waals surface area contributed by atoms with Crippen LogP contribution in [0.15, 0.2) is 71.9 Å². The van der Waals surface area contributed by atoms with E-state index in [4.69, 9.17) is 9.40 Å². The molecule has 0 amide bonds. The van der Waals surface area contributed by atoms with E-state index in [2.05, 4.69) is 37.6 Å². The van der Waals surface area contributed by atoms with Gasteiger partial charge in [-0.15, -0.1) is 0 Å². The Labute approximate surface area is 163 Å². The van der Waals surface area contributed by atoms with Crippen molar-refractivity contribution >= 4 is 0 Å². The van der Waals surface area contributed by atoms with Crippen LogP contribution >= 0.6 is 0 Å². The van der Waals surface area contributed by atoms with Crippen LogP contribution < -0.4 is 0 Å². The Balaban J connectivity index is 1.57. The molecule has 0 spiro atoms. The Hall–Kier alpha value is -3.12. The van der Waals surface area contributed by atoms with Crippen molar-refractivity contribution in [1.82, 2.24) is 24.4 Å². The van der Waals surface area contributed by atoms with Crippen molar-refractivity contribution in [2.24, 2.45) is 0 Å². The predicted molar refractivity (Wildman–Crippen MR) is 108 cm³/mol.